The molecule has 1 unspecified atom stereocenters. The molecule has 4 nitrogen and oxygen atoms in total. The summed E-state index contributed by atoms with van der Waals surface area (Å²) in [5.74, 6) is 1.24. The van der Waals surface area contributed by atoms with Crippen molar-refractivity contribution in [3.05, 3.63) is 33.6 Å². The van der Waals surface area contributed by atoms with Gasteiger partial charge in [0.15, 0.2) is 5.82 Å². The summed E-state index contributed by atoms with van der Waals surface area (Å²) in [5, 5.41) is 14.8. The van der Waals surface area contributed by atoms with Gasteiger partial charge in [0.1, 0.15) is 6.61 Å². The first kappa shape index (κ1) is 9.99. The molecule has 2 aromatic heterocycles. The van der Waals surface area contributed by atoms with Gasteiger partial charge in [0.05, 0.1) is 5.92 Å². The van der Waals surface area contributed by atoms with Gasteiger partial charge in [-0.2, -0.15) is 4.98 Å². The zero-order chi connectivity index (χ0) is 11.0. The second kappa shape index (κ2) is 3.99. The van der Waals surface area contributed by atoms with Gasteiger partial charge in [-0.3, -0.25) is 0 Å². The monoisotopic (exact) mass is 236 g/mol. The van der Waals surface area contributed by atoms with Crippen molar-refractivity contribution < 1.29 is 9.63 Å². The van der Waals surface area contributed by atoms with Crippen molar-refractivity contribution in [2.45, 2.75) is 31.8 Å². The zero-order valence-corrected chi connectivity index (χ0v) is 9.54. The summed E-state index contributed by atoms with van der Waals surface area (Å²) in [7, 11) is 0. The van der Waals surface area contributed by atoms with Crippen LogP contribution in [0.25, 0.3) is 0 Å². The smallest absolute Gasteiger partial charge is 0.234 e. The largest absolute Gasteiger partial charge is 0.388 e. The number of hydrogen-bond acceptors (Lipinski definition) is 5. The molecular weight excluding hydrogens is 224 g/mol. The van der Waals surface area contributed by atoms with Gasteiger partial charge in [-0.1, -0.05) is 5.16 Å². The Bertz CT molecular complexity index is 492. The lowest BCUT2D eigenvalue weighted by Crippen LogP contribution is -2.08. The van der Waals surface area contributed by atoms with Crippen LogP contribution in [-0.4, -0.2) is 15.2 Å². The zero-order valence-electron chi connectivity index (χ0n) is 8.72. The highest BCUT2D eigenvalue weighted by molar-refractivity contribution is 7.10. The normalized spacial score (nSPS) is 19.7. The SMILES string of the molecule is OCc1noc(C2CCCc3sccc32)n1. The summed E-state index contributed by atoms with van der Waals surface area (Å²) >= 11 is 1.80. The third-order valence-electron chi connectivity index (χ3n) is 2.98. The summed E-state index contributed by atoms with van der Waals surface area (Å²) in [6.45, 7) is -0.160. The lowest BCUT2D eigenvalue weighted by atomic mass is 9.88. The van der Waals surface area contributed by atoms with E-state index in [2.05, 4.69) is 21.6 Å². The standard InChI is InChI=1S/C11H12N2O2S/c14-6-10-12-11(15-13-10)8-2-1-3-9-7(8)4-5-16-9/h4-5,8,14H,1-3,6H2. The first-order valence-corrected chi connectivity index (χ1v) is 6.26. The second-order valence-electron chi connectivity index (χ2n) is 3.95. The molecule has 3 rings (SSSR count). The van der Waals surface area contributed by atoms with E-state index in [0.717, 1.165) is 19.3 Å². The molecule has 1 aliphatic rings. The Labute approximate surface area is 96.9 Å². The van der Waals surface area contributed by atoms with Crippen LogP contribution in [0.2, 0.25) is 0 Å². The van der Waals surface area contributed by atoms with Gasteiger partial charge in [0.25, 0.3) is 0 Å². The summed E-state index contributed by atoms with van der Waals surface area (Å²) in [6.07, 6.45) is 3.37. The van der Waals surface area contributed by atoms with Gasteiger partial charge in [-0.05, 0) is 36.3 Å². The third-order valence-corrected chi connectivity index (χ3v) is 3.97. The Hall–Kier alpha value is -1.20. The molecule has 0 aromatic carbocycles. The van der Waals surface area contributed by atoms with E-state index in [1.54, 1.807) is 11.3 Å². The van der Waals surface area contributed by atoms with E-state index >= 15 is 0 Å². The highest BCUT2D eigenvalue weighted by Crippen LogP contribution is 2.38. The number of aromatic nitrogens is 2. The Morgan fingerprint density at radius 3 is 3.31 bits per heavy atom. The minimum absolute atomic E-state index is 0.160. The predicted octanol–water partition coefficient (Wildman–Crippen LogP) is 2.09. The maximum absolute atomic E-state index is 8.92. The summed E-state index contributed by atoms with van der Waals surface area (Å²) in [4.78, 5) is 5.64. The number of nitrogens with zero attached hydrogens (tertiary/aromatic N) is 2. The van der Waals surface area contributed by atoms with E-state index in [9.17, 15) is 0 Å². The Kier molecular flexibility index (Phi) is 2.49. The van der Waals surface area contributed by atoms with Gasteiger partial charge in [0, 0.05) is 4.88 Å². The van der Waals surface area contributed by atoms with Crippen LogP contribution in [0.4, 0.5) is 0 Å². The minimum Gasteiger partial charge on any atom is -0.388 e. The first-order valence-electron chi connectivity index (χ1n) is 5.38. The van der Waals surface area contributed by atoms with Crippen molar-refractivity contribution in [1.82, 2.24) is 10.1 Å². The van der Waals surface area contributed by atoms with Crippen LogP contribution in [0.15, 0.2) is 16.0 Å². The molecule has 84 valence electrons. The quantitative estimate of drug-likeness (QED) is 0.867. The van der Waals surface area contributed by atoms with Crippen molar-refractivity contribution in [1.29, 1.82) is 0 Å². The Morgan fingerprint density at radius 2 is 2.50 bits per heavy atom. The molecule has 2 heterocycles. The van der Waals surface area contributed by atoms with Crippen LogP contribution in [0, 0.1) is 0 Å². The van der Waals surface area contributed by atoms with Crippen molar-refractivity contribution in [3.8, 4) is 0 Å². The van der Waals surface area contributed by atoms with Gasteiger partial charge in [0.2, 0.25) is 5.89 Å². The van der Waals surface area contributed by atoms with E-state index in [1.165, 1.54) is 10.4 Å². The minimum atomic E-state index is -0.160. The van der Waals surface area contributed by atoms with Crippen LogP contribution in [0.1, 0.15) is 40.9 Å². The molecule has 1 atom stereocenters. The second-order valence-corrected chi connectivity index (χ2v) is 4.95. The number of thiophene rings is 1. The number of aliphatic hydroxyl groups excluding tert-OH is 1. The highest BCUT2D eigenvalue weighted by atomic mass is 32.1. The first-order chi connectivity index (χ1) is 7.88. The molecule has 1 N–H and O–H groups in total. The number of fused-ring (bicyclic) bond motifs is 1. The molecule has 0 aliphatic heterocycles. The maximum Gasteiger partial charge on any atom is 0.234 e. The Balaban J connectivity index is 1.97. The number of rotatable bonds is 2. The predicted molar refractivity (Wildman–Crippen MR) is 59.3 cm³/mol. The van der Waals surface area contributed by atoms with E-state index in [-0.39, 0.29) is 12.5 Å². The number of aryl methyl sites for hydroxylation is 1. The topological polar surface area (TPSA) is 59.2 Å². The van der Waals surface area contributed by atoms with Crippen LogP contribution >= 0.6 is 11.3 Å². The molecule has 5 heteroatoms. The van der Waals surface area contributed by atoms with E-state index in [1.807, 2.05) is 0 Å². The van der Waals surface area contributed by atoms with Crippen LogP contribution in [0.3, 0.4) is 0 Å². The molecule has 0 saturated carbocycles. The summed E-state index contributed by atoms with van der Waals surface area (Å²) in [5.41, 5.74) is 1.32. The molecule has 16 heavy (non-hydrogen) atoms. The lowest BCUT2D eigenvalue weighted by Gasteiger charge is -2.18. The molecule has 0 radical (unpaired) electrons. The van der Waals surface area contributed by atoms with Crippen LogP contribution in [-0.2, 0) is 13.0 Å². The van der Waals surface area contributed by atoms with Gasteiger partial charge in [-0.15, -0.1) is 11.3 Å². The third kappa shape index (κ3) is 1.56. The van der Waals surface area contributed by atoms with Crippen molar-refractivity contribution >= 4 is 11.3 Å². The van der Waals surface area contributed by atoms with E-state index in [0.29, 0.717) is 11.7 Å². The fourth-order valence-electron chi connectivity index (χ4n) is 2.22. The molecular formula is C11H12N2O2S. The van der Waals surface area contributed by atoms with Crippen molar-refractivity contribution in [3.63, 3.8) is 0 Å². The Morgan fingerprint density at radius 1 is 1.56 bits per heavy atom. The van der Waals surface area contributed by atoms with Crippen molar-refractivity contribution in [2.75, 3.05) is 0 Å². The van der Waals surface area contributed by atoms with Crippen LogP contribution in [0.5, 0.6) is 0 Å². The number of hydrogen-bond donors (Lipinski definition) is 1. The lowest BCUT2D eigenvalue weighted by molar-refractivity contribution is 0.262. The van der Waals surface area contributed by atoms with Gasteiger partial charge < -0.3 is 9.63 Å². The number of aliphatic hydroxyl groups is 1. The molecule has 2 aromatic rings. The van der Waals surface area contributed by atoms with E-state index < -0.39 is 0 Å². The maximum atomic E-state index is 8.92. The summed E-state index contributed by atoms with van der Waals surface area (Å²) < 4.78 is 5.20. The highest BCUT2D eigenvalue weighted by Gasteiger charge is 2.27. The molecule has 1 aliphatic carbocycles. The fourth-order valence-corrected chi connectivity index (χ4v) is 3.20. The molecule has 0 fully saturated rings. The van der Waals surface area contributed by atoms with Crippen molar-refractivity contribution in [2.24, 2.45) is 0 Å². The summed E-state index contributed by atoms with van der Waals surface area (Å²) in [6, 6.07) is 2.15. The molecule has 0 bridgehead atoms. The average Bonchev–Trinajstić information content (AvgIpc) is 2.97. The van der Waals surface area contributed by atoms with Gasteiger partial charge >= 0.3 is 0 Å². The van der Waals surface area contributed by atoms with E-state index in [4.69, 9.17) is 9.63 Å². The van der Waals surface area contributed by atoms with Crippen LogP contribution < -0.4 is 0 Å². The average molecular weight is 236 g/mol. The fraction of sp³-hybridized carbons (Fsp3) is 0.455. The molecule has 0 amide bonds. The molecule has 0 saturated heterocycles. The molecule has 0 spiro atoms. The van der Waals surface area contributed by atoms with Gasteiger partial charge in [-0.25, -0.2) is 0 Å².